The van der Waals surface area contributed by atoms with Crippen LogP contribution in [0.15, 0.2) is 18.2 Å². The van der Waals surface area contributed by atoms with E-state index in [2.05, 4.69) is 0 Å². The van der Waals surface area contributed by atoms with Crippen LogP contribution in [0, 0.1) is 12.7 Å². The number of alkyl halides is 2. The van der Waals surface area contributed by atoms with Gasteiger partial charge in [0.25, 0.3) is 0 Å². The Morgan fingerprint density at radius 2 is 1.79 bits per heavy atom. The van der Waals surface area contributed by atoms with Gasteiger partial charge < -0.3 is 5.11 Å². The van der Waals surface area contributed by atoms with Gasteiger partial charge in [-0.3, -0.25) is 0 Å². The van der Waals surface area contributed by atoms with Gasteiger partial charge in [-0.15, -0.1) is 0 Å². The lowest BCUT2D eigenvalue weighted by Gasteiger charge is -1.95. The Balaban J connectivity index is 0.000000165. The van der Waals surface area contributed by atoms with Crippen LogP contribution in [0.2, 0.25) is 0 Å². The predicted molar refractivity (Wildman–Crippen MR) is 47.2 cm³/mol. The minimum absolute atomic E-state index is 0.139. The van der Waals surface area contributed by atoms with E-state index in [1.807, 2.05) is 0 Å². The standard InChI is InChI=1S/C7H7FO.C3H4F2/c1-5-3-2-4-6(9)7(5)8;4-2-1-3(2)5/h2-4,9H,1H3;2-3H,1H2. The van der Waals surface area contributed by atoms with Crippen LogP contribution in [0.4, 0.5) is 13.2 Å². The molecule has 1 aliphatic carbocycles. The topological polar surface area (TPSA) is 20.2 Å². The molecule has 1 N–H and O–H groups in total. The molecule has 0 amide bonds. The van der Waals surface area contributed by atoms with Crippen LogP contribution in [0.5, 0.6) is 5.75 Å². The average molecular weight is 204 g/mol. The quantitative estimate of drug-likeness (QED) is 0.688. The van der Waals surface area contributed by atoms with Gasteiger partial charge in [0.2, 0.25) is 0 Å². The summed E-state index contributed by atoms with van der Waals surface area (Å²) in [4.78, 5) is 0. The first kappa shape index (κ1) is 10.9. The van der Waals surface area contributed by atoms with Crippen LogP contribution in [-0.2, 0) is 0 Å². The third kappa shape index (κ3) is 2.94. The second-order valence-corrected chi connectivity index (χ2v) is 3.18. The summed E-state index contributed by atoms with van der Waals surface area (Å²) in [6.07, 6.45) is -2.09. The van der Waals surface area contributed by atoms with E-state index in [1.54, 1.807) is 19.1 Å². The highest BCUT2D eigenvalue weighted by molar-refractivity contribution is 5.28. The molecule has 0 radical (unpaired) electrons. The van der Waals surface area contributed by atoms with Gasteiger partial charge in [-0.1, -0.05) is 12.1 Å². The van der Waals surface area contributed by atoms with E-state index < -0.39 is 18.2 Å². The van der Waals surface area contributed by atoms with Crippen LogP contribution in [-0.4, -0.2) is 17.4 Å². The molecule has 1 nitrogen and oxygen atoms in total. The molecule has 0 spiro atoms. The van der Waals surface area contributed by atoms with Crippen LogP contribution < -0.4 is 0 Å². The molecule has 2 rings (SSSR count). The van der Waals surface area contributed by atoms with Crippen molar-refractivity contribution >= 4 is 0 Å². The van der Waals surface area contributed by atoms with Crippen LogP contribution >= 0.6 is 0 Å². The Hall–Kier alpha value is -1.19. The zero-order chi connectivity index (χ0) is 10.7. The Morgan fingerprint density at radius 1 is 1.29 bits per heavy atom. The number of phenols is 1. The molecule has 0 saturated heterocycles. The summed E-state index contributed by atoms with van der Waals surface area (Å²) in [5.74, 6) is -0.812. The highest BCUT2D eigenvalue weighted by Gasteiger charge is 2.37. The molecule has 0 aliphatic heterocycles. The van der Waals surface area contributed by atoms with Crippen molar-refractivity contribution in [2.45, 2.75) is 25.7 Å². The van der Waals surface area contributed by atoms with Crippen molar-refractivity contribution in [2.24, 2.45) is 0 Å². The Kier molecular flexibility index (Phi) is 3.38. The summed E-state index contributed by atoms with van der Waals surface area (Å²) < 4.78 is 34.7. The first-order valence-electron chi connectivity index (χ1n) is 4.24. The monoisotopic (exact) mass is 204 g/mol. The molecule has 14 heavy (non-hydrogen) atoms. The second kappa shape index (κ2) is 4.35. The first-order chi connectivity index (χ1) is 6.52. The number of hydrogen-bond donors (Lipinski definition) is 1. The lowest BCUT2D eigenvalue weighted by atomic mass is 10.2. The van der Waals surface area contributed by atoms with E-state index in [0.717, 1.165) is 0 Å². The molecule has 4 heteroatoms. The van der Waals surface area contributed by atoms with Gasteiger partial charge in [0.1, 0.15) is 12.3 Å². The van der Waals surface area contributed by atoms with Crippen molar-refractivity contribution < 1.29 is 18.3 Å². The van der Waals surface area contributed by atoms with Gasteiger partial charge in [0, 0.05) is 6.42 Å². The number of benzene rings is 1. The summed E-state index contributed by atoms with van der Waals surface area (Å²) in [6.45, 7) is 1.61. The van der Waals surface area contributed by atoms with E-state index in [0.29, 0.717) is 5.56 Å². The normalized spacial score (nSPS) is 23.7. The van der Waals surface area contributed by atoms with E-state index in [-0.39, 0.29) is 12.2 Å². The predicted octanol–water partition coefficient (Wildman–Crippen LogP) is 2.91. The molecule has 78 valence electrons. The molecule has 1 aliphatic rings. The lowest BCUT2D eigenvalue weighted by Crippen LogP contribution is -1.79. The molecule has 2 unspecified atom stereocenters. The highest BCUT2D eigenvalue weighted by Crippen LogP contribution is 2.28. The van der Waals surface area contributed by atoms with Crippen molar-refractivity contribution in [3.63, 3.8) is 0 Å². The molecule has 0 bridgehead atoms. The third-order valence-electron chi connectivity index (χ3n) is 1.81. The second-order valence-electron chi connectivity index (χ2n) is 3.18. The number of halogens is 3. The van der Waals surface area contributed by atoms with Crippen LogP contribution in [0.25, 0.3) is 0 Å². The number of phenolic OH excluding ortho intramolecular Hbond substituents is 1. The van der Waals surface area contributed by atoms with E-state index in [1.165, 1.54) is 6.07 Å². The number of aromatic hydroxyl groups is 1. The summed E-state index contributed by atoms with van der Waals surface area (Å²) >= 11 is 0. The van der Waals surface area contributed by atoms with Gasteiger partial charge in [-0.2, -0.15) is 0 Å². The molecule has 1 fully saturated rings. The minimum Gasteiger partial charge on any atom is -0.505 e. The van der Waals surface area contributed by atoms with Crippen molar-refractivity contribution in [3.05, 3.63) is 29.6 Å². The first-order valence-corrected chi connectivity index (χ1v) is 4.24. The molecule has 0 heterocycles. The lowest BCUT2D eigenvalue weighted by molar-refractivity contribution is 0.372. The van der Waals surface area contributed by atoms with Crippen molar-refractivity contribution in [3.8, 4) is 5.75 Å². The fourth-order valence-electron chi connectivity index (χ4n) is 0.768. The molecular weight excluding hydrogens is 193 g/mol. The smallest absolute Gasteiger partial charge is 0.167 e. The maximum atomic E-state index is 12.5. The van der Waals surface area contributed by atoms with Crippen molar-refractivity contribution in [1.82, 2.24) is 0 Å². The highest BCUT2D eigenvalue weighted by atomic mass is 19.2. The van der Waals surface area contributed by atoms with Gasteiger partial charge in [-0.05, 0) is 18.6 Å². The van der Waals surface area contributed by atoms with Gasteiger partial charge >= 0.3 is 0 Å². The average Bonchev–Trinajstić information content (AvgIpc) is 2.77. The summed E-state index contributed by atoms with van der Waals surface area (Å²) in [5, 5.41) is 8.73. The van der Waals surface area contributed by atoms with Gasteiger partial charge in [-0.25, -0.2) is 13.2 Å². The van der Waals surface area contributed by atoms with E-state index >= 15 is 0 Å². The zero-order valence-corrected chi connectivity index (χ0v) is 7.67. The Labute approximate surface area is 80.2 Å². The zero-order valence-electron chi connectivity index (χ0n) is 7.67. The van der Waals surface area contributed by atoms with Gasteiger partial charge in [0.05, 0.1) is 0 Å². The van der Waals surface area contributed by atoms with Crippen LogP contribution in [0.3, 0.4) is 0 Å². The Bertz CT molecular complexity index is 288. The number of hydrogen-bond acceptors (Lipinski definition) is 1. The van der Waals surface area contributed by atoms with Gasteiger partial charge in [0.15, 0.2) is 11.6 Å². The maximum absolute atomic E-state index is 12.5. The SMILES string of the molecule is Cc1cccc(O)c1F.FC1CC1F. The Morgan fingerprint density at radius 3 is 2.07 bits per heavy atom. The summed E-state index contributed by atoms with van der Waals surface area (Å²) in [7, 11) is 0. The third-order valence-corrected chi connectivity index (χ3v) is 1.81. The van der Waals surface area contributed by atoms with E-state index in [4.69, 9.17) is 5.11 Å². The number of rotatable bonds is 0. The largest absolute Gasteiger partial charge is 0.505 e. The molecule has 1 saturated carbocycles. The van der Waals surface area contributed by atoms with Crippen molar-refractivity contribution in [2.75, 3.05) is 0 Å². The summed E-state index contributed by atoms with van der Waals surface area (Å²) in [6, 6.07) is 4.53. The van der Waals surface area contributed by atoms with Crippen molar-refractivity contribution in [1.29, 1.82) is 0 Å². The molecule has 1 aromatic carbocycles. The molecule has 2 atom stereocenters. The fraction of sp³-hybridized carbons (Fsp3) is 0.400. The van der Waals surface area contributed by atoms with E-state index in [9.17, 15) is 13.2 Å². The number of aryl methyl sites for hydroxylation is 1. The molecule has 1 aromatic rings. The molecule has 0 aromatic heterocycles. The summed E-state index contributed by atoms with van der Waals surface area (Å²) in [5.41, 5.74) is 0.468. The maximum Gasteiger partial charge on any atom is 0.167 e. The van der Waals surface area contributed by atoms with Crippen LogP contribution in [0.1, 0.15) is 12.0 Å². The minimum atomic E-state index is -1.12. The fourth-order valence-corrected chi connectivity index (χ4v) is 0.768. The molecular formula is C10H11F3O.